The van der Waals surface area contributed by atoms with Gasteiger partial charge >= 0.3 is 0 Å². The van der Waals surface area contributed by atoms with Crippen molar-refractivity contribution in [1.29, 1.82) is 0 Å². The molecule has 0 radical (unpaired) electrons. The molecule has 0 aliphatic heterocycles. The van der Waals surface area contributed by atoms with E-state index in [1.807, 2.05) is 6.92 Å². The molecule has 0 spiro atoms. The molecule has 1 heterocycles. The van der Waals surface area contributed by atoms with Crippen molar-refractivity contribution < 1.29 is 14.7 Å². The Morgan fingerprint density at radius 3 is 2.72 bits per heavy atom. The van der Waals surface area contributed by atoms with Crippen molar-refractivity contribution in [3.8, 4) is 22.9 Å². The molecular formula is C12H15N3O3. The van der Waals surface area contributed by atoms with E-state index < -0.39 is 0 Å². The van der Waals surface area contributed by atoms with Gasteiger partial charge in [-0.2, -0.15) is 4.98 Å². The third-order valence-electron chi connectivity index (χ3n) is 2.80. The summed E-state index contributed by atoms with van der Waals surface area (Å²) in [6.07, 6.45) is 0.818. The van der Waals surface area contributed by atoms with Gasteiger partial charge in [0.1, 0.15) is 0 Å². The normalized spacial score (nSPS) is 12.6. The quantitative estimate of drug-likeness (QED) is 0.711. The van der Waals surface area contributed by atoms with Crippen LogP contribution in [0.2, 0.25) is 0 Å². The van der Waals surface area contributed by atoms with Gasteiger partial charge in [-0.3, -0.25) is 0 Å². The molecule has 0 saturated heterocycles. The highest BCUT2D eigenvalue weighted by atomic mass is 16.5. The number of rotatable bonds is 4. The minimum atomic E-state index is -0.218. The van der Waals surface area contributed by atoms with E-state index in [1.165, 1.54) is 12.1 Å². The van der Waals surface area contributed by atoms with Gasteiger partial charge in [0.2, 0.25) is 11.7 Å². The van der Waals surface area contributed by atoms with Gasteiger partial charge in [-0.1, -0.05) is 12.1 Å². The highest BCUT2D eigenvalue weighted by Crippen LogP contribution is 2.29. The molecule has 2 rings (SSSR count). The van der Waals surface area contributed by atoms with Crippen molar-refractivity contribution in [2.45, 2.75) is 19.3 Å². The molecule has 1 aromatic heterocycles. The molecular weight excluding hydrogens is 234 g/mol. The van der Waals surface area contributed by atoms with Gasteiger partial charge in [0.05, 0.1) is 5.92 Å². The van der Waals surface area contributed by atoms with Crippen molar-refractivity contribution in [2.24, 2.45) is 5.73 Å². The van der Waals surface area contributed by atoms with Crippen LogP contribution < -0.4 is 5.73 Å². The van der Waals surface area contributed by atoms with E-state index in [-0.39, 0.29) is 17.4 Å². The molecule has 0 bridgehead atoms. The number of phenols is 2. The molecule has 1 unspecified atom stereocenters. The van der Waals surface area contributed by atoms with Crippen molar-refractivity contribution in [3.05, 3.63) is 24.1 Å². The number of phenolic OH excluding ortho intramolecular Hbond substituents is 2. The van der Waals surface area contributed by atoms with Crippen molar-refractivity contribution >= 4 is 0 Å². The summed E-state index contributed by atoms with van der Waals surface area (Å²) in [7, 11) is 0. The lowest BCUT2D eigenvalue weighted by molar-refractivity contribution is 0.351. The lowest BCUT2D eigenvalue weighted by Crippen LogP contribution is -2.11. The van der Waals surface area contributed by atoms with Crippen LogP contribution in [0.25, 0.3) is 11.4 Å². The second kappa shape index (κ2) is 5.05. The van der Waals surface area contributed by atoms with Gasteiger partial charge in [-0.25, -0.2) is 0 Å². The zero-order chi connectivity index (χ0) is 13.1. The van der Waals surface area contributed by atoms with Gasteiger partial charge in [0.25, 0.3) is 0 Å². The maximum atomic E-state index is 9.41. The summed E-state index contributed by atoms with van der Waals surface area (Å²) in [6, 6.07) is 4.36. The van der Waals surface area contributed by atoms with E-state index in [9.17, 15) is 10.2 Å². The number of nitrogens with zero attached hydrogens (tertiary/aromatic N) is 2. The van der Waals surface area contributed by atoms with Gasteiger partial charge in [-0.05, 0) is 24.6 Å². The molecule has 0 saturated carbocycles. The third kappa shape index (κ3) is 2.28. The Morgan fingerprint density at radius 1 is 1.33 bits per heavy atom. The van der Waals surface area contributed by atoms with Crippen LogP contribution >= 0.6 is 0 Å². The van der Waals surface area contributed by atoms with Crippen LogP contribution in [-0.2, 0) is 0 Å². The number of hydrogen-bond acceptors (Lipinski definition) is 6. The first-order valence-corrected chi connectivity index (χ1v) is 5.71. The summed E-state index contributed by atoms with van der Waals surface area (Å²) in [5.74, 6) is 0.493. The van der Waals surface area contributed by atoms with E-state index in [0.717, 1.165) is 6.42 Å². The number of nitrogens with two attached hydrogens (primary N) is 1. The molecule has 6 heteroatoms. The Kier molecular flexibility index (Phi) is 3.47. The Bertz CT molecular complexity index is 535. The fraction of sp³-hybridized carbons (Fsp3) is 0.333. The number of hydrogen-bond donors (Lipinski definition) is 3. The molecule has 0 fully saturated rings. The van der Waals surface area contributed by atoms with Crippen LogP contribution in [0, 0.1) is 0 Å². The first-order valence-electron chi connectivity index (χ1n) is 5.71. The van der Waals surface area contributed by atoms with E-state index in [4.69, 9.17) is 10.3 Å². The number of aromatic nitrogens is 2. The fourth-order valence-corrected chi connectivity index (χ4v) is 1.62. The van der Waals surface area contributed by atoms with Crippen LogP contribution in [0.4, 0.5) is 0 Å². The maximum absolute atomic E-state index is 9.41. The average Bonchev–Trinajstić information content (AvgIpc) is 2.84. The molecule has 4 N–H and O–H groups in total. The molecule has 2 aromatic rings. The largest absolute Gasteiger partial charge is 0.504 e. The maximum Gasteiger partial charge on any atom is 0.231 e. The van der Waals surface area contributed by atoms with E-state index >= 15 is 0 Å². The lowest BCUT2D eigenvalue weighted by Gasteiger charge is -2.04. The molecule has 0 aliphatic carbocycles. The van der Waals surface area contributed by atoms with Gasteiger partial charge < -0.3 is 20.5 Å². The predicted octanol–water partition coefficient (Wildman–Crippen LogP) is 1.60. The van der Waals surface area contributed by atoms with E-state index in [2.05, 4.69) is 10.1 Å². The van der Waals surface area contributed by atoms with Crippen molar-refractivity contribution in [1.82, 2.24) is 10.1 Å². The molecule has 18 heavy (non-hydrogen) atoms. The number of benzene rings is 1. The third-order valence-corrected chi connectivity index (χ3v) is 2.80. The SMILES string of the molecule is CCC(CN)c1nc(-c2ccc(O)c(O)c2)no1. The topological polar surface area (TPSA) is 105 Å². The molecule has 0 amide bonds. The second-order valence-corrected chi connectivity index (χ2v) is 4.00. The Balaban J connectivity index is 2.31. The fourth-order valence-electron chi connectivity index (χ4n) is 1.62. The second-order valence-electron chi connectivity index (χ2n) is 4.00. The standard InChI is InChI=1S/C12H15N3O3/c1-2-7(6-13)12-14-11(15-18-12)8-3-4-9(16)10(17)5-8/h3-5,7,16-17H,2,6,13H2,1H3. The lowest BCUT2D eigenvalue weighted by atomic mass is 10.1. The minimum absolute atomic E-state index is 0.0389. The van der Waals surface area contributed by atoms with Crippen LogP contribution in [0.15, 0.2) is 22.7 Å². The highest BCUT2D eigenvalue weighted by molar-refractivity contribution is 5.59. The molecule has 96 valence electrons. The molecule has 0 aliphatic rings. The van der Waals surface area contributed by atoms with Crippen molar-refractivity contribution in [3.63, 3.8) is 0 Å². The summed E-state index contributed by atoms with van der Waals surface area (Å²) in [4.78, 5) is 4.24. The van der Waals surface area contributed by atoms with Crippen LogP contribution in [0.3, 0.4) is 0 Å². The monoisotopic (exact) mass is 249 g/mol. The zero-order valence-electron chi connectivity index (χ0n) is 10.00. The first kappa shape index (κ1) is 12.4. The summed E-state index contributed by atoms with van der Waals surface area (Å²) in [5.41, 5.74) is 6.18. The highest BCUT2D eigenvalue weighted by Gasteiger charge is 2.17. The summed E-state index contributed by atoms with van der Waals surface area (Å²) >= 11 is 0. The zero-order valence-corrected chi connectivity index (χ0v) is 10.00. The van der Waals surface area contributed by atoms with Crippen LogP contribution in [0.5, 0.6) is 11.5 Å². The van der Waals surface area contributed by atoms with Crippen LogP contribution in [-0.4, -0.2) is 26.9 Å². The summed E-state index contributed by atoms with van der Waals surface area (Å²) in [6.45, 7) is 2.44. The Morgan fingerprint density at radius 2 is 2.11 bits per heavy atom. The van der Waals surface area contributed by atoms with Crippen molar-refractivity contribution in [2.75, 3.05) is 6.54 Å². The number of aromatic hydroxyl groups is 2. The predicted molar refractivity (Wildman–Crippen MR) is 65.2 cm³/mol. The minimum Gasteiger partial charge on any atom is -0.504 e. The van der Waals surface area contributed by atoms with Crippen LogP contribution in [0.1, 0.15) is 25.2 Å². The van der Waals surface area contributed by atoms with Gasteiger partial charge in [0.15, 0.2) is 11.5 Å². The Hall–Kier alpha value is -2.08. The first-order chi connectivity index (χ1) is 8.65. The van der Waals surface area contributed by atoms with E-state index in [1.54, 1.807) is 6.07 Å². The molecule has 1 atom stereocenters. The summed E-state index contributed by atoms with van der Waals surface area (Å²) in [5, 5.41) is 22.5. The molecule has 6 nitrogen and oxygen atoms in total. The smallest absolute Gasteiger partial charge is 0.231 e. The van der Waals surface area contributed by atoms with Gasteiger partial charge in [-0.15, -0.1) is 0 Å². The average molecular weight is 249 g/mol. The van der Waals surface area contributed by atoms with Gasteiger partial charge in [0, 0.05) is 12.1 Å². The van der Waals surface area contributed by atoms with E-state index in [0.29, 0.717) is 23.8 Å². The Labute approximate surface area is 104 Å². The summed E-state index contributed by atoms with van der Waals surface area (Å²) < 4.78 is 5.15. The molecule has 1 aromatic carbocycles.